The molecule has 1 heterocycles. The second-order valence-electron chi connectivity index (χ2n) is 5.14. The molecule has 1 atom stereocenters. The van der Waals surface area contributed by atoms with E-state index in [9.17, 15) is 4.79 Å². The van der Waals surface area contributed by atoms with Gasteiger partial charge in [-0.25, -0.2) is 0 Å². The minimum Gasteiger partial charge on any atom is -0.493 e. The van der Waals surface area contributed by atoms with Crippen molar-refractivity contribution in [1.82, 2.24) is 10.9 Å². The van der Waals surface area contributed by atoms with Crippen molar-refractivity contribution in [3.63, 3.8) is 0 Å². The molecule has 1 aliphatic heterocycles. The molecule has 2 N–H and O–H groups in total. The molecule has 1 aromatic carbocycles. The molecule has 0 saturated carbocycles. The molecule has 1 aromatic rings. The van der Waals surface area contributed by atoms with Crippen LogP contribution in [0.1, 0.15) is 5.56 Å². The third-order valence-electron chi connectivity index (χ3n) is 3.82. The molecule has 2 aliphatic rings. The van der Waals surface area contributed by atoms with Crippen LogP contribution in [0.4, 0.5) is 0 Å². The number of amides is 1. The fourth-order valence-corrected chi connectivity index (χ4v) is 2.69. The van der Waals surface area contributed by atoms with E-state index in [2.05, 4.69) is 10.9 Å². The summed E-state index contributed by atoms with van der Waals surface area (Å²) >= 11 is 0. The molecule has 3 rings (SSSR count). The van der Waals surface area contributed by atoms with Crippen molar-refractivity contribution in [2.24, 2.45) is 5.92 Å². The lowest BCUT2D eigenvalue weighted by molar-refractivity contribution is -0.124. The van der Waals surface area contributed by atoms with Crippen molar-refractivity contribution < 1.29 is 14.3 Å². The molecule has 0 radical (unpaired) electrons. The van der Waals surface area contributed by atoms with Crippen LogP contribution in [-0.4, -0.2) is 20.1 Å². The predicted molar refractivity (Wildman–Crippen MR) is 83.3 cm³/mol. The van der Waals surface area contributed by atoms with Gasteiger partial charge in [-0.1, -0.05) is 30.4 Å². The van der Waals surface area contributed by atoms with E-state index in [1.165, 1.54) is 0 Å². The number of fused-ring (bicyclic) bond motifs is 1. The second kappa shape index (κ2) is 5.97. The zero-order valence-corrected chi connectivity index (χ0v) is 12.6. The fraction of sp³-hybridized carbons (Fsp3) is 0.235. The third-order valence-corrected chi connectivity index (χ3v) is 3.82. The van der Waals surface area contributed by atoms with Gasteiger partial charge in [0.1, 0.15) is 0 Å². The molecule has 0 spiro atoms. The molecule has 0 aromatic heterocycles. The predicted octanol–water partition coefficient (Wildman–Crippen LogP) is 1.88. The van der Waals surface area contributed by atoms with Crippen LogP contribution >= 0.6 is 0 Å². The highest BCUT2D eigenvalue weighted by Crippen LogP contribution is 2.30. The van der Waals surface area contributed by atoms with E-state index in [1.54, 1.807) is 14.2 Å². The summed E-state index contributed by atoms with van der Waals surface area (Å²) in [6.45, 7) is 0. The first-order valence-corrected chi connectivity index (χ1v) is 7.07. The molecular weight excluding hydrogens is 280 g/mol. The van der Waals surface area contributed by atoms with Crippen LogP contribution in [0.25, 0.3) is 0 Å². The number of rotatable bonds is 4. The van der Waals surface area contributed by atoms with Crippen molar-refractivity contribution in [3.8, 4) is 11.5 Å². The largest absolute Gasteiger partial charge is 0.493 e. The van der Waals surface area contributed by atoms with Gasteiger partial charge in [0.05, 0.1) is 20.1 Å². The number of ether oxygens (including phenoxy) is 2. The molecule has 0 bridgehead atoms. The summed E-state index contributed by atoms with van der Waals surface area (Å²) in [4.78, 5) is 11.9. The zero-order valence-electron chi connectivity index (χ0n) is 12.6. The Morgan fingerprint density at radius 2 is 1.91 bits per heavy atom. The van der Waals surface area contributed by atoms with Crippen LogP contribution in [0.3, 0.4) is 0 Å². The maximum Gasteiger partial charge on any atom is 0.249 e. The minimum absolute atomic E-state index is 0.0355. The van der Waals surface area contributed by atoms with E-state index >= 15 is 0 Å². The fourth-order valence-electron chi connectivity index (χ4n) is 2.69. The van der Waals surface area contributed by atoms with Gasteiger partial charge in [0.25, 0.3) is 0 Å². The van der Waals surface area contributed by atoms with Crippen molar-refractivity contribution >= 4 is 5.91 Å². The molecule has 0 saturated heterocycles. The van der Waals surface area contributed by atoms with E-state index in [0.717, 1.165) is 16.8 Å². The third kappa shape index (κ3) is 2.57. The second-order valence-corrected chi connectivity index (χ2v) is 5.14. The van der Waals surface area contributed by atoms with E-state index < -0.39 is 0 Å². The van der Waals surface area contributed by atoms with Gasteiger partial charge in [-0.05, 0) is 23.3 Å². The molecule has 5 nitrogen and oxygen atoms in total. The normalized spacial score (nSPS) is 19.4. The van der Waals surface area contributed by atoms with Gasteiger partial charge in [-0.15, -0.1) is 0 Å². The lowest BCUT2D eigenvalue weighted by atomic mass is 9.89. The Labute approximate surface area is 129 Å². The Balaban J connectivity index is 1.91. The Kier molecular flexibility index (Phi) is 3.87. The number of carbonyl (C=O) groups is 1. The van der Waals surface area contributed by atoms with Gasteiger partial charge in [-0.2, -0.15) is 0 Å². The van der Waals surface area contributed by atoms with Crippen molar-refractivity contribution in [1.29, 1.82) is 0 Å². The molecule has 114 valence electrons. The van der Waals surface area contributed by atoms with Crippen LogP contribution in [0, 0.1) is 5.92 Å². The summed E-state index contributed by atoms with van der Waals surface area (Å²) in [5.74, 6) is 1.14. The number of methoxy groups -OCH3 is 2. The van der Waals surface area contributed by atoms with Gasteiger partial charge in [-0.3, -0.25) is 10.2 Å². The van der Waals surface area contributed by atoms with Crippen LogP contribution in [0.15, 0.2) is 53.8 Å². The molecule has 22 heavy (non-hydrogen) atoms. The van der Waals surface area contributed by atoms with Crippen LogP contribution in [-0.2, 0) is 11.2 Å². The van der Waals surface area contributed by atoms with Gasteiger partial charge >= 0.3 is 0 Å². The summed E-state index contributed by atoms with van der Waals surface area (Å²) in [6, 6.07) is 5.82. The number of allylic oxidation sites excluding steroid dienone is 4. The number of hydrazine groups is 1. The van der Waals surface area contributed by atoms with E-state index in [1.807, 2.05) is 42.5 Å². The minimum atomic E-state index is -0.221. The van der Waals surface area contributed by atoms with Gasteiger partial charge < -0.3 is 14.9 Å². The monoisotopic (exact) mass is 298 g/mol. The van der Waals surface area contributed by atoms with Crippen molar-refractivity contribution in [3.05, 3.63) is 59.3 Å². The Bertz CT molecular complexity index is 689. The van der Waals surface area contributed by atoms with Crippen molar-refractivity contribution in [2.45, 2.75) is 6.42 Å². The van der Waals surface area contributed by atoms with Gasteiger partial charge in [0.15, 0.2) is 11.5 Å². The number of benzene rings is 1. The highest BCUT2D eigenvalue weighted by atomic mass is 16.5. The molecule has 0 fully saturated rings. The Morgan fingerprint density at radius 3 is 2.68 bits per heavy atom. The van der Waals surface area contributed by atoms with Crippen LogP contribution in [0.5, 0.6) is 11.5 Å². The first-order valence-electron chi connectivity index (χ1n) is 7.07. The summed E-state index contributed by atoms with van der Waals surface area (Å²) in [6.07, 6.45) is 8.39. The van der Waals surface area contributed by atoms with E-state index in [-0.39, 0.29) is 11.8 Å². The summed E-state index contributed by atoms with van der Waals surface area (Å²) in [7, 11) is 3.23. The molecule has 0 unspecified atom stereocenters. The highest BCUT2D eigenvalue weighted by molar-refractivity contribution is 5.86. The molecular formula is C17H18N2O3. The average molecular weight is 298 g/mol. The van der Waals surface area contributed by atoms with E-state index in [0.29, 0.717) is 17.9 Å². The number of carbonyl (C=O) groups excluding carboxylic acids is 1. The SMILES string of the molecule is COc1ccc(CC2=C3C=CC=C[C@@H]3C(=O)NN2)cc1OC. The molecule has 5 heteroatoms. The average Bonchev–Trinajstić information content (AvgIpc) is 2.57. The summed E-state index contributed by atoms with van der Waals surface area (Å²) in [5.41, 5.74) is 8.78. The number of hydrogen-bond acceptors (Lipinski definition) is 4. The van der Waals surface area contributed by atoms with E-state index in [4.69, 9.17) is 9.47 Å². The first kappa shape index (κ1) is 14.3. The Morgan fingerprint density at radius 1 is 1.09 bits per heavy atom. The molecule has 1 aliphatic carbocycles. The van der Waals surface area contributed by atoms with Gasteiger partial charge in [0.2, 0.25) is 5.91 Å². The smallest absolute Gasteiger partial charge is 0.249 e. The number of hydrogen-bond donors (Lipinski definition) is 2. The lowest BCUT2D eigenvalue weighted by Crippen LogP contribution is -2.46. The summed E-state index contributed by atoms with van der Waals surface area (Å²) < 4.78 is 10.6. The lowest BCUT2D eigenvalue weighted by Gasteiger charge is -2.27. The maximum atomic E-state index is 11.9. The topological polar surface area (TPSA) is 59.6 Å². The van der Waals surface area contributed by atoms with Crippen molar-refractivity contribution in [2.75, 3.05) is 14.2 Å². The summed E-state index contributed by atoms with van der Waals surface area (Å²) in [5, 5.41) is 0. The van der Waals surface area contributed by atoms with Gasteiger partial charge in [0, 0.05) is 12.1 Å². The quantitative estimate of drug-likeness (QED) is 0.891. The maximum absolute atomic E-state index is 11.9. The Hall–Kier alpha value is -2.69. The zero-order chi connectivity index (χ0) is 15.5. The highest BCUT2D eigenvalue weighted by Gasteiger charge is 2.27. The van der Waals surface area contributed by atoms with Crippen LogP contribution in [0.2, 0.25) is 0 Å². The standard InChI is InChI=1S/C17H18N2O3/c1-21-15-8-7-11(10-16(15)22-2)9-14-12-5-3-4-6-13(12)17(20)19-18-14/h3-8,10,13,18H,9H2,1-2H3,(H,19,20)/t13-/m0/s1. The molecule has 1 amide bonds. The van der Waals surface area contributed by atoms with Crippen LogP contribution < -0.4 is 20.3 Å². The first-order chi connectivity index (χ1) is 10.7. The number of nitrogens with one attached hydrogen (secondary N) is 2.